The molecule has 2 aliphatic heterocycles. The van der Waals surface area contributed by atoms with Gasteiger partial charge in [-0.15, -0.1) is 0 Å². The number of nitrogens with one attached hydrogen (secondary N) is 1. The summed E-state index contributed by atoms with van der Waals surface area (Å²) in [4.78, 5) is 28.0. The van der Waals surface area contributed by atoms with Crippen molar-refractivity contribution in [2.75, 3.05) is 50.2 Å². The summed E-state index contributed by atoms with van der Waals surface area (Å²) in [6.45, 7) is 0.732. The van der Waals surface area contributed by atoms with E-state index in [2.05, 4.69) is 5.32 Å². The summed E-state index contributed by atoms with van der Waals surface area (Å²) < 4.78 is 46.4. The number of rotatable bonds is 5. The van der Waals surface area contributed by atoms with Crippen LogP contribution in [0.4, 0.5) is 0 Å². The lowest BCUT2D eigenvalue weighted by Gasteiger charge is -2.29. The smallest absolute Gasteiger partial charge is 0.312 e. The van der Waals surface area contributed by atoms with Gasteiger partial charge in [0.25, 0.3) is 0 Å². The van der Waals surface area contributed by atoms with E-state index < -0.39 is 43.6 Å². The van der Waals surface area contributed by atoms with E-state index in [0.717, 1.165) is 0 Å². The minimum Gasteiger partial charge on any atom is -0.344 e. The predicted molar refractivity (Wildman–Crippen MR) is 92.5 cm³/mol. The van der Waals surface area contributed by atoms with E-state index in [9.17, 15) is 26.4 Å². The van der Waals surface area contributed by atoms with Crippen LogP contribution < -0.4 is 5.32 Å². The molecule has 0 radical (unpaired) electrons. The molecule has 2 amide bonds. The third-order valence-corrected chi connectivity index (χ3v) is 7.98. The predicted octanol–water partition coefficient (Wildman–Crippen LogP) is -2.13. The number of sulfone groups is 2. The molecule has 25 heavy (non-hydrogen) atoms. The molecule has 2 aliphatic rings. The van der Waals surface area contributed by atoms with Crippen molar-refractivity contribution in [3.63, 3.8) is 0 Å². The van der Waals surface area contributed by atoms with Crippen LogP contribution in [0.3, 0.4) is 0 Å². The van der Waals surface area contributed by atoms with Crippen LogP contribution in [-0.4, -0.2) is 101 Å². The topological polar surface area (TPSA) is 121 Å². The molecule has 2 rings (SSSR count). The van der Waals surface area contributed by atoms with E-state index in [1.54, 1.807) is 0 Å². The van der Waals surface area contributed by atoms with E-state index in [-0.39, 0.29) is 36.0 Å². The number of hydrogen-bond acceptors (Lipinski definition) is 7. The minimum atomic E-state index is -3.19. The van der Waals surface area contributed by atoms with E-state index >= 15 is 0 Å². The summed E-state index contributed by atoms with van der Waals surface area (Å²) in [7, 11) is -2.73. The molecule has 0 saturated carbocycles. The Hall–Kier alpha value is -1.20. The summed E-state index contributed by atoms with van der Waals surface area (Å²) in [5.41, 5.74) is 0. The molecule has 2 saturated heterocycles. The standard InChI is InChI=1S/C14H25N3O6S2/c1-16(2)5-6-17(12-4-8-25(22,23)10-12)14(19)13(18)15-11-3-7-24(20,21)9-11/h11-12H,3-10H2,1-2H3,(H,15,18). The Morgan fingerprint density at radius 2 is 1.56 bits per heavy atom. The molecule has 144 valence electrons. The van der Waals surface area contributed by atoms with E-state index in [4.69, 9.17) is 0 Å². The normalized spacial score (nSPS) is 27.3. The summed E-state index contributed by atoms with van der Waals surface area (Å²) >= 11 is 0. The molecule has 0 aromatic rings. The van der Waals surface area contributed by atoms with Crippen LogP contribution in [0, 0.1) is 0 Å². The summed E-state index contributed by atoms with van der Waals surface area (Å²) in [6, 6.07) is -1.08. The molecule has 2 fully saturated rings. The van der Waals surface area contributed by atoms with Gasteiger partial charge in [-0.1, -0.05) is 0 Å². The van der Waals surface area contributed by atoms with Gasteiger partial charge in [0.15, 0.2) is 19.7 Å². The maximum absolute atomic E-state index is 12.6. The van der Waals surface area contributed by atoms with Gasteiger partial charge >= 0.3 is 11.8 Å². The number of amides is 2. The van der Waals surface area contributed by atoms with Gasteiger partial charge in [-0.3, -0.25) is 9.59 Å². The highest BCUT2D eigenvalue weighted by Gasteiger charge is 2.38. The van der Waals surface area contributed by atoms with Gasteiger partial charge in [0.2, 0.25) is 0 Å². The maximum Gasteiger partial charge on any atom is 0.312 e. The average molecular weight is 396 g/mol. The molecule has 0 aromatic carbocycles. The highest BCUT2D eigenvalue weighted by Crippen LogP contribution is 2.18. The van der Waals surface area contributed by atoms with Gasteiger partial charge in [-0.05, 0) is 26.9 Å². The molecule has 2 unspecified atom stereocenters. The molecular weight excluding hydrogens is 370 g/mol. The van der Waals surface area contributed by atoms with Crippen molar-refractivity contribution in [3.05, 3.63) is 0 Å². The lowest BCUT2D eigenvalue weighted by atomic mass is 10.2. The van der Waals surface area contributed by atoms with Crippen molar-refractivity contribution in [1.29, 1.82) is 0 Å². The Morgan fingerprint density at radius 1 is 0.960 bits per heavy atom. The van der Waals surface area contributed by atoms with Crippen molar-refractivity contribution in [2.45, 2.75) is 24.9 Å². The number of carbonyl (C=O) groups excluding carboxylic acids is 2. The number of hydrogen-bond donors (Lipinski definition) is 1. The molecule has 0 bridgehead atoms. The fourth-order valence-corrected chi connectivity index (χ4v) is 6.47. The van der Waals surface area contributed by atoms with Crippen molar-refractivity contribution >= 4 is 31.5 Å². The first-order valence-electron chi connectivity index (χ1n) is 8.16. The first-order valence-corrected chi connectivity index (χ1v) is 11.8. The lowest BCUT2D eigenvalue weighted by Crippen LogP contribution is -2.52. The van der Waals surface area contributed by atoms with Crippen molar-refractivity contribution < 1.29 is 26.4 Å². The summed E-state index contributed by atoms with van der Waals surface area (Å²) in [5.74, 6) is -1.97. The lowest BCUT2D eigenvalue weighted by molar-refractivity contribution is -0.147. The summed E-state index contributed by atoms with van der Waals surface area (Å²) in [5, 5.41) is 2.47. The molecule has 2 heterocycles. The van der Waals surface area contributed by atoms with Gasteiger partial charge in [-0.2, -0.15) is 0 Å². The van der Waals surface area contributed by atoms with Crippen LogP contribution in [0.25, 0.3) is 0 Å². The fraction of sp³-hybridized carbons (Fsp3) is 0.857. The molecule has 2 atom stereocenters. The number of carbonyl (C=O) groups is 2. The maximum atomic E-state index is 12.6. The molecule has 0 aromatic heterocycles. The average Bonchev–Trinajstić information content (AvgIpc) is 3.00. The molecule has 9 nitrogen and oxygen atoms in total. The van der Waals surface area contributed by atoms with Crippen LogP contribution in [0.15, 0.2) is 0 Å². The van der Waals surface area contributed by atoms with Crippen LogP contribution >= 0.6 is 0 Å². The molecule has 11 heteroatoms. The Morgan fingerprint density at radius 3 is 2.04 bits per heavy atom. The zero-order valence-corrected chi connectivity index (χ0v) is 16.1. The van der Waals surface area contributed by atoms with Crippen molar-refractivity contribution in [3.8, 4) is 0 Å². The van der Waals surface area contributed by atoms with Gasteiger partial charge < -0.3 is 15.1 Å². The SMILES string of the molecule is CN(C)CCN(C(=O)C(=O)NC1CCS(=O)(=O)C1)C1CCS(=O)(=O)C1. The van der Waals surface area contributed by atoms with Crippen LogP contribution in [0.2, 0.25) is 0 Å². The quantitative estimate of drug-likeness (QED) is 0.528. The molecule has 0 aliphatic carbocycles. The molecule has 0 spiro atoms. The Bertz CT molecular complexity index is 732. The van der Waals surface area contributed by atoms with Crippen LogP contribution in [-0.2, 0) is 29.3 Å². The Kier molecular flexibility index (Phi) is 6.10. The van der Waals surface area contributed by atoms with Gasteiger partial charge in [0.05, 0.1) is 23.0 Å². The third kappa shape index (κ3) is 5.65. The highest BCUT2D eigenvalue weighted by molar-refractivity contribution is 7.91. The second-order valence-corrected chi connectivity index (χ2v) is 11.4. The first-order chi connectivity index (χ1) is 11.5. The minimum absolute atomic E-state index is 0.00263. The van der Waals surface area contributed by atoms with Gasteiger partial charge in [0, 0.05) is 25.2 Å². The van der Waals surface area contributed by atoms with Gasteiger partial charge in [0.1, 0.15) is 0 Å². The third-order valence-electron chi connectivity index (χ3n) is 4.46. The Labute approximate surface area is 148 Å². The second kappa shape index (κ2) is 7.58. The monoisotopic (exact) mass is 395 g/mol. The largest absolute Gasteiger partial charge is 0.344 e. The van der Waals surface area contributed by atoms with Crippen molar-refractivity contribution in [2.24, 2.45) is 0 Å². The fourth-order valence-electron chi connectivity index (χ4n) is 3.07. The first kappa shape index (κ1) is 20.1. The van der Waals surface area contributed by atoms with Crippen LogP contribution in [0.5, 0.6) is 0 Å². The number of likely N-dealkylation sites (N-methyl/N-ethyl adjacent to an activating group) is 1. The van der Waals surface area contributed by atoms with Crippen molar-refractivity contribution in [1.82, 2.24) is 15.1 Å². The zero-order chi connectivity index (χ0) is 18.8. The highest BCUT2D eigenvalue weighted by atomic mass is 32.2. The van der Waals surface area contributed by atoms with Crippen LogP contribution in [0.1, 0.15) is 12.8 Å². The second-order valence-electron chi connectivity index (χ2n) is 6.93. The van der Waals surface area contributed by atoms with E-state index in [1.807, 2.05) is 19.0 Å². The van der Waals surface area contributed by atoms with E-state index in [0.29, 0.717) is 13.0 Å². The number of nitrogens with zero attached hydrogens (tertiary/aromatic N) is 2. The van der Waals surface area contributed by atoms with Gasteiger partial charge in [-0.25, -0.2) is 16.8 Å². The summed E-state index contributed by atoms with van der Waals surface area (Å²) in [6.07, 6.45) is 0.601. The Balaban J connectivity index is 2.04. The molecule has 1 N–H and O–H groups in total. The molecular formula is C14H25N3O6S2. The van der Waals surface area contributed by atoms with E-state index in [1.165, 1.54) is 4.90 Å². The zero-order valence-electron chi connectivity index (χ0n) is 14.5.